The van der Waals surface area contributed by atoms with Crippen LogP contribution >= 0.6 is 0 Å². The van der Waals surface area contributed by atoms with Gasteiger partial charge in [-0.3, -0.25) is 4.90 Å². The molecule has 1 saturated heterocycles. The van der Waals surface area contributed by atoms with Crippen molar-refractivity contribution in [2.75, 3.05) is 13.1 Å². The van der Waals surface area contributed by atoms with E-state index in [0.29, 0.717) is 5.54 Å². The summed E-state index contributed by atoms with van der Waals surface area (Å²) in [5.41, 5.74) is 7.37. The van der Waals surface area contributed by atoms with Gasteiger partial charge in [0.05, 0.1) is 0 Å². The topological polar surface area (TPSA) is 29.3 Å². The van der Waals surface area contributed by atoms with Crippen LogP contribution in [-0.4, -0.2) is 29.6 Å². The van der Waals surface area contributed by atoms with Gasteiger partial charge in [-0.15, -0.1) is 0 Å². The second-order valence-electron chi connectivity index (χ2n) is 7.67. The molecule has 2 nitrogen and oxygen atoms in total. The Labute approximate surface area is 119 Å². The summed E-state index contributed by atoms with van der Waals surface area (Å²) in [5.74, 6) is 0. The van der Waals surface area contributed by atoms with Crippen molar-refractivity contribution >= 4 is 0 Å². The van der Waals surface area contributed by atoms with Crippen LogP contribution in [0, 0.1) is 5.41 Å². The maximum atomic E-state index is 6.28. The maximum absolute atomic E-state index is 6.28. The molecule has 0 aromatic rings. The molecule has 1 spiro atoms. The van der Waals surface area contributed by atoms with Crippen molar-refractivity contribution in [3.63, 3.8) is 0 Å². The summed E-state index contributed by atoms with van der Waals surface area (Å²) >= 11 is 0. The average Bonchev–Trinajstić information content (AvgIpc) is 2.90. The Morgan fingerprint density at radius 3 is 2.21 bits per heavy atom. The minimum Gasteiger partial charge on any atom is -0.329 e. The van der Waals surface area contributed by atoms with E-state index in [2.05, 4.69) is 11.8 Å². The van der Waals surface area contributed by atoms with E-state index in [-0.39, 0.29) is 0 Å². The monoisotopic (exact) mass is 264 g/mol. The summed E-state index contributed by atoms with van der Waals surface area (Å²) in [6, 6.07) is 0.759. The van der Waals surface area contributed by atoms with Crippen LogP contribution in [0.1, 0.15) is 77.6 Å². The highest BCUT2D eigenvalue weighted by atomic mass is 15.2. The fourth-order valence-corrected chi connectivity index (χ4v) is 5.28. The van der Waals surface area contributed by atoms with Crippen LogP contribution < -0.4 is 5.73 Å². The zero-order valence-electron chi connectivity index (χ0n) is 12.8. The molecule has 0 bridgehead atoms. The molecule has 2 N–H and O–H groups in total. The molecule has 1 heterocycles. The van der Waals surface area contributed by atoms with Crippen molar-refractivity contribution in [3.8, 4) is 0 Å². The molecule has 3 aliphatic rings. The zero-order valence-corrected chi connectivity index (χ0v) is 12.8. The molecule has 1 atom stereocenters. The predicted octanol–water partition coefficient (Wildman–Crippen LogP) is 3.69. The van der Waals surface area contributed by atoms with E-state index >= 15 is 0 Å². The molecule has 0 aromatic heterocycles. The first-order chi connectivity index (χ1) is 9.20. The van der Waals surface area contributed by atoms with Gasteiger partial charge < -0.3 is 5.73 Å². The van der Waals surface area contributed by atoms with Crippen LogP contribution in [0.2, 0.25) is 0 Å². The number of nitrogens with two attached hydrogens (primary N) is 1. The summed E-state index contributed by atoms with van der Waals surface area (Å²) in [4.78, 5) is 2.80. The number of piperidine rings is 1. The Balaban J connectivity index is 1.70. The third kappa shape index (κ3) is 2.47. The molecule has 3 rings (SSSR count). The first-order valence-corrected chi connectivity index (χ1v) is 8.67. The molecule has 1 unspecified atom stereocenters. The van der Waals surface area contributed by atoms with Gasteiger partial charge in [-0.2, -0.15) is 0 Å². The summed E-state index contributed by atoms with van der Waals surface area (Å²) in [6.45, 7) is 4.61. The minimum atomic E-state index is 0.355. The molecule has 2 heteroatoms. The minimum absolute atomic E-state index is 0.355. The first-order valence-electron chi connectivity index (χ1n) is 8.67. The maximum Gasteiger partial charge on any atom is 0.0334 e. The van der Waals surface area contributed by atoms with E-state index in [9.17, 15) is 0 Å². The number of nitrogens with zero attached hydrogens (tertiary/aromatic N) is 1. The van der Waals surface area contributed by atoms with Crippen molar-refractivity contribution in [1.29, 1.82) is 0 Å². The van der Waals surface area contributed by atoms with E-state index in [1.807, 2.05) is 0 Å². The van der Waals surface area contributed by atoms with Gasteiger partial charge in [0.2, 0.25) is 0 Å². The number of rotatable bonds is 2. The van der Waals surface area contributed by atoms with E-state index in [1.165, 1.54) is 77.2 Å². The van der Waals surface area contributed by atoms with E-state index in [0.717, 1.165) is 18.0 Å². The summed E-state index contributed by atoms with van der Waals surface area (Å²) < 4.78 is 0. The van der Waals surface area contributed by atoms with Crippen LogP contribution in [0.25, 0.3) is 0 Å². The van der Waals surface area contributed by atoms with E-state index < -0.39 is 0 Å². The fourth-order valence-electron chi connectivity index (χ4n) is 5.28. The van der Waals surface area contributed by atoms with Gasteiger partial charge in [-0.1, -0.05) is 19.3 Å². The van der Waals surface area contributed by atoms with Crippen LogP contribution in [0.15, 0.2) is 0 Å². The highest BCUT2D eigenvalue weighted by molar-refractivity contribution is 5.03. The number of hydrogen-bond acceptors (Lipinski definition) is 2. The summed E-state index contributed by atoms with van der Waals surface area (Å²) in [7, 11) is 0. The van der Waals surface area contributed by atoms with E-state index in [1.54, 1.807) is 0 Å². The standard InChI is InChI=1S/C17H32N2/c1-15-6-2-5-13-19(15)17(14-18)11-9-16(10-12-17)7-3-4-8-16/h15H,2-14,18H2,1H3. The number of hydrogen-bond donors (Lipinski definition) is 1. The van der Waals surface area contributed by atoms with Crippen LogP contribution in [-0.2, 0) is 0 Å². The van der Waals surface area contributed by atoms with Gasteiger partial charge in [0, 0.05) is 18.1 Å². The zero-order chi connectivity index (χ0) is 13.3. The summed E-state index contributed by atoms with van der Waals surface area (Å²) in [6.07, 6.45) is 15.8. The molecule has 3 fully saturated rings. The molecular weight excluding hydrogens is 232 g/mol. The fraction of sp³-hybridized carbons (Fsp3) is 1.00. The van der Waals surface area contributed by atoms with Gasteiger partial charge in [0.1, 0.15) is 0 Å². The first kappa shape index (κ1) is 13.9. The Morgan fingerprint density at radius 1 is 0.947 bits per heavy atom. The van der Waals surface area contributed by atoms with Crippen molar-refractivity contribution in [2.24, 2.45) is 11.1 Å². The molecule has 1 aliphatic heterocycles. The average molecular weight is 264 g/mol. The van der Waals surface area contributed by atoms with Crippen LogP contribution in [0.5, 0.6) is 0 Å². The van der Waals surface area contributed by atoms with E-state index in [4.69, 9.17) is 5.73 Å². The third-order valence-corrected chi connectivity index (χ3v) is 6.70. The van der Waals surface area contributed by atoms with Gasteiger partial charge in [-0.05, 0) is 70.3 Å². The highest BCUT2D eigenvalue weighted by Gasteiger charge is 2.47. The van der Waals surface area contributed by atoms with Gasteiger partial charge in [0.25, 0.3) is 0 Å². The molecule has 0 aromatic carbocycles. The van der Waals surface area contributed by atoms with Crippen molar-refractivity contribution < 1.29 is 0 Å². The Hall–Kier alpha value is -0.0800. The lowest BCUT2D eigenvalue weighted by atomic mass is 9.65. The SMILES string of the molecule is CC1CCCCN1C1(CN)CCC2(CCCC2)CC1. The van der Waals surface area contributed by atoms with Crippen molar-refractivity contribution in [3.05, 3.63) is 0 Å². The van der Waals surface area contributed by atoms with Crippen molar-refractivity contribution in [1.82, 2.24) is 4.90 Å². The molecular formula is C17H32N2. The lowest BCUT2D eigenvalue weighted by molar-refractivity contribution is -0.0242. The lowest BCUT2D eigenvalue weighted by Crippen LogP contribution is -2.60. The Morgan fingerprint density at radius 2 is 1.63 bits per heavy atom. The molecule has 2 saturated carbocycles. The smallest absolute Gasteiger partial charge is 0.0334 e. The van der Waals surface area contributed by atoms with Gasteiger partial charge in [0.15, 0.2) is 0 Å². The molecule has 110 valence electrons. The molecule has 2 aliphatic carbocycles. The van der Waals surface area contributed by atoms with Gasteiger partial charge >= 0.3 is 0 Å². The summed E-state index contributed by atoms with van der Waals surface area (Å²) in [5, 5.41) is 0. The normalized spacial score (nSPS) is 34.7. The molecule has 0 amide bonds. The van der Waals surface area contributed by atoms with Crippen LogP contribution in [0.3, 0.4) is 0 Å². The second kappa shape index (κ2) is 5.37. The third-order valence-electron chi connectivity index (χ3n) is 6.70. The van der Waals surface area contributed by atoms with Gasteiger partial charge in [-0.25, -0.2) is 0 Å². The quantitative estimate of drug-likeness (QED) is 0.824. The van der Waals surface area contributed by atoms with Crippen LogP contribution in [0.4, 0.5) is 0 Å². The predicted molar refractivity (Wildman–Crippen MR) is 81.2 cm³/mol. The largest absolute Gasteiger partial charge is 0.329 e. The molecule has 19 heavy (non-hydrogen) atoms. The Kier molecular flexibility index (Phi) is 3.92. The molecule has 0 radical (unpaired) electrons. The highest BCUT2D eigenvalue weighted by Crippen LogP contribution is 2.52. The van der Waals surface area contributed by atoms with Crippen molar-refractivity contribution in [2.45, 2.75) is 89.1 Å². The number of likely N-dealkylation sites (tertiary alicyclic amines) is 1. The Bertz CT molecular complexity index is 296. The lowest BCUT2D eigenvalue weighted by Gasteiger charge is -2.54. The second-order valence-corrected chi connectivity index (χ2v) is 7.67.